The zero-order valence-corrected chi connectivity index (χ0v) is 12.2. The first-order valence-corrected chi connectivity index (χ1v) is 6.78. The molecule has 5 heteroatoms. The minimum atomic E-state index is 0.00863. The molecule has 0 radical (unpaired) electrons. The van der Waals surface area contributed by atoms with Crippen LogP contribution >= 0.6 is 27.5 Å². The standard InChI is InChI=1S/C13H12BrClN2O/c1-2-17-13(10(14)8-16-17)12(18)7-9-5-3-4-6-11(9)15/h3-6,8H,2,7H2,1H3. The van der Waals surface area contributed by atoms with Gasteiger partial charge in [0.05, 0.1) is 10.7 Å². The molecule has 0 unspecified atom stereocenters. The number of nitrogens with zero attached hydrogens (tertiary/aromatic N) is 2. The number of rotatable bonds is 4. The van der Waals surface area contributed by atoms with Gasteiger partial charge in [0.25, 0.3) is 0 Å². The summed E-state index contributed by atoms with van der Waals surface area (Å²) in [5.74, 6) is 0.00863. The van der Waals surface area contributed by atoms with Crippen molar-refractivity contribution in [2.24, 2.45) is 0 Å². The third-order valence-electron chi connectivity index (χ3n) is 2.67. The van der Waals surface area contributed by atoms with Crippen LogP contribution in [0, 0.1) is 0 Å². The topological polar surface area (TPSA) is 34.9 Å². The first kappa shape index (κ1) is 13.3. The van der Waals surface area contributed by atoms with Crippen LogP contribution in [0.1, 0.15) is 23.0 Å². The quantitative estimate of drug-likeness (QED) is 0.802. The maximum atomic E-state index is 12.3. The highest BCUT2D eigenvalue weighted by molar-refractivity contribution is 9.10. The van der Waals surface area contributed by atoms with Crippen molar-refractivity contribution in [1.29, 1.82) is 0 Å². The van der Waals surface area contributed by atoms with Crippen LogP contribution in [0.25, 0.3) is 0 Å². The van der Waals surface area contributed by atoms with Gasteiger partial charge in [0, 0.05) is 18.0 Å². The van der Waals surface area contributed by atoms with E-state index in [0.717, 1.165) is 10.0 Å². The molecule has 94 valence electrons. The lowest BCUT2D eigenvalue weighted by atomic mass is 10.1. The molecular weight excluding hydrogens is 316 g/mol. The van der Waals surface area contributed by atoms with Gasteiger partial charge in [0.2, 0.25) is 0 Å². The van der Waals surface area contributed by atoms with Crippen molar-refractivity contribution >= 4 is 33.3 Å². The first-order valence-electron chi connectivity index (χ1n) is 5.61. The first-order chi connectivity index (χ1) is 8.63. The van der Waals surface area contributed by atoms with Crippen LogP contribution in [0.4, 0.5) is 0 Å². The van der Waals surface area contributed by atoms with Crippen molar-refractivity contribution < 1.29 is 4.79 Å². The second kappa shape index (κ2) is 5.67. The summed E-state index contributed by atoms with van der Waals surface area (Å²) in [4.78, 5) is 12.3. The highest BCUT2D eigenvalue weighted by Crippen LogP contribution is 2.21. The van der Waals surface area contributed by atoms with Gasteiger partial charge in [-0.2, -0.15) is 5.10 Å². The van der Waals surface area contributed by atoms with Gasteiger partial charge in [0.1, 0.15) is 5.69 Å². The molecule has 1 aromatic carbocycles. The highest BCUT2D eigenvalue weighted by Gasteiger charge is 2.17. The van der Waals surface area contributed by atoms with E-state index < -0.39 is 0 Å². The molecule has 2 aromatic rings. The molecule has 18 heavy (non-hydrogen) atoms. The molecule has 0 bridgehead atoms. The Bertz CT molecular complexity index is 580. The zero-order chi connectivity index (χ0) is 13.1. The minimum absolute atomic E-state index is 0.00863. The van der Waals surface area contributed by atoms with Crippen LogP contribution in [0.5, 0.6) is 0 Å². The van der Waals surface area contributed by atoms with Crippen LogP contribution in [-0.2, 0) is 13.0 Å². The lowest BCUT2D eigenvalue weighted by Crippen LogP contribution is -2.12. The van der Waals surface area contributed by atoms with E-state index in [1.807, 2.05) is 25.1 Å². The van der Waals surface area contributed by atoms with Crippen molar-refractivity contribution in [2.75, 3.05) is 0 Å². The molecule has 0 aliphatic rings. The second-order valence-electron chi connectivity index (χ2n) is 3.85. The van der Waals surface area contributed by atoms with Crippen molar-refractivity contribution in [3.05, 3.63) is 51.2 Å². The van der Waals surface area contributed by atoms with E-state index in [1.54, 1.807) is 16.9 Å². The number of aryl methyl sites for hydroxylation is 1. The van der Waals surface area contributed by atoms with Gasteiger partial charge in [-0.1, -0.05) is 29.8 Å². The molecule has 2 rings (SSSR count). The summed E-state index contributed by atoms with van der Waals surface area (Å²) < 4.78 is 2.41. The Kier molecular flexibility index (Phi) is 4.19. The van der Waals surface area contributed by atoms with Gasteiger partial charge in [-0.25, -0.2) is 0 Å². The molecule has 0 atom stereocenters. The number of halogens is 2. The van der Waals surface area contributed by atoms with E-state index in [0.29, 0.717) is 17.3 Å². The van der Waals surface area contributed by atoms with Crippen LogP contribution in [0.15, 0.2) is 34.9 Å². The fourth-order valence-corrected chi connectivity index (χ4v) is 2.50. The lowest BCUT2D eigenvalue weighted by Gasteiger charge is -2.06. The fraction of sp³-hybridized carbons (Fsp3) is 0.231. The summed E-state index contributed by atoms with van der Waals surface area (Å²) in [5.41, 5.74) is 1.43. The predicted octanol–water partition coefficient (Wildman–Crippen LogP) is 3.74. The summed E-state index contributed by atoms with van der Waals surface area (Å²) in [5, 5.41) is 4.75. The average molecular weight is 328 g/mol. The van der Waals surface area contributed by atoms with Crippen molar-refractivity contribution in [3.63, 3.8) is 0 Å². The maximum Gasteiger partial charge on any atom is 0.186 e. The summed E-state index contributed by atoms with van der Waals surface area (Å²) in [7, 11) is 0. The molecule has 1 aromatic heterocycles. The largest absolute Gasteiger partial charge is 0.292 e. The molecular formula is C13H12BrClN2O. The van der Waals surface area contributed by atoms with E-state index in [9.17, 15) is 4.79 Å². The molecule has 0 aliphatic carbocycles. The summed E-state index contributed by atoms with van der Waals surface area (Å²) in [6.45, 7) is 2.61. The average Bonchev–Trinajstić information content (AvgIpc) is 2.73. The number of aromatic nitrogens is 2. The van der Waals surface area contributed by atoms with E-state index in [1.165, 1.54) is 0 Å². The maximum absolute atomic E-state index is 12.3. The molecule has 0 spiro atoms. The van der Waals surface area contributed by atoms with Crippen molar-refractivity contribution in [3.8, 4) is 0 Å². The van der Waals surface area contributed by atoms with Gasteiger partial charge >= 0.3 is 0 Å². The summed E-state index contributed by atoms with van der Waals surface area (Å²) in [6, 6.07) is 7.38. The Labute approximate surface area is 119 Å². The fourth-order valence-electron chi connectivity index (χ4n) is 1.78. The summed E-state index contributed by atoms with van der Waals surface area (Å²) in [6.07, 6.45) is 1.92. The SMILES string of the molecule is CCn1ncc(Br)c1C(=O)Cc1ccccc1Cl. The molecule has 0 saturated carbocycles. The number of ketones is 1. The Morgan fingerprint density at radius 1 is 1.44 bits per heavy atom. The van der Waals surface area contributed by atoms with E-state index in [-0.39, 0.29) is 12.2 Å². The normalized spacial score (nSPS) is 10.6. The number of hydrogen-bond acceptors (Lipinski definition) is 2. The Morgan fingerprint density at radius 3 is 2.83 bits per heavy atom. The minimum Gasteiger partial charge on any atom is -0.292 e. The number of carbonyl (C=O) groups excluding carboxylic acids is 1. The van der Waals surface area contributed by atoms with Gasteiger partial charge in [-0.15, -0.1) is 0 Å². The predicted molar refractivity (Wildman–Crippen MR) is 75.1 cm³/mol. The Morgan fingerprint density at radius 2 is 2.17 bits per heavy atom. The smallest absolute Gasteiger partial charge is 0.186 e. The third kappa shape index (κ3) is 2.65. The number of benzene rings is 1. The Balaban J connectivity index is 2.28. The van der Waals surface area contributed by atoms with Gasteiger partial charge in [0.15, 0.2) is 5.78 Å². The van der Waals surface area contributed by atoms with Gasteiger partial charge in [-0.3, -0.25) is 9.48 Å². The van der Waals surface area contributed by atoms with Crippen LogP contribution < -0.4 is 0 Å². The third-order valence-corrected chi connectivity index (χ3v) is 3.62. The van der Waals surface area contributed by atoms with Gasteiger partial charge in [-0.05, 0) is 34.5 Å². The van der Waals surface area contributed by atoms with Crippen LogP contribution in [0.3, 0.4) is 0 Å². The highest BCUT2D eigenvalue weighted by atomic mass is 79.9. The molecule has 0 fully saturated rings. The van der Waals surface area contributed by atoms with Crippen LogP contribution in [0.2, 0.25) is 5.02 Å². The molecule has 0 amide bonds. The molecule has 0 saturated heterocycles. The van der Waals surface area contributed by atoms with E-state index in [4.69, 9.17) is 11.6 Å². The molecule has 3 nitrogen and oxygen atoms in total. The van der Waals surface area contributed by atoms with E-state index in [2.05, 4.69) is 21.0 Å². The number of hydrogen-bond donors (Lipinski definition) is 0. The number of carbonyl (C=O) groups is 1. The zero-order valence-electron chi connectivity index (χ0n) is 9.86. The second-order valence-corrected chi connectivity index (χ2v) is 5.11. The van der Waals surface area contributed by atoms with Gasteiger partial charge < -0.3 is 0 Å². The molecule has 1 heterocycles. The van der Waals surface area contributed by atoms with Crippen molar-refractivity contribution in [2.45, 2.75) is 19.9 Å². The summed E-state index contributed by atoms with van der Waals surface area (Å²) >= 11 is 9.41. The molecule has 0 aliphatic heterocycles. The lowest BCUT2D eigenvalue weighted by molar-refractivity contribution is 0.0982. The monoisotopic (exact) mass is 326 g/mol. The Hall–Kier alpha value is -1.13. The van der Waals surface area contributed by atoms with E-state index >= 15 is 0 Å². The van der Waals surface area contributed by atoms with Crippen molar-refractivity contribution in [1.82, 2.24) is 9.78 Å². The van der Waals surface area contributed by atoms with Crippen LogP contribution in [-0.4, -0.2) is 15.6 Å². The number of Topliss-reactive ketones (excluding diaryl/α,β-unsaturated/α-hetero) is 1. The molecule has 0 N–H and O–H groups in total.